The maximum absolute atomic E-state index is 9.89. The lowest BCUT2D eigenvalue weighted by atomic mass is 9.98. The van der Waals surface area contributed by atoms with Crippen molar-refractivity contribution in [3.05, 3.63) is 11.4 Å². The van der Waals surface area contributed by atoms with Crippen LogP contribution < -0.4 is 10.6 Å². The van der Waals surface area contributed by atoms with Gasteiger partial charge in [-0.25, -0.2) is 9.97 Å². The number of aromatic nitrogens is 2. The van der Waals surface area contributed by atoms with Gasteiger partial charge in [0.05, 0.1) is 11.6 Å². The fraction of sp³-hybridized carbons (Fsp3) is 0.750. The Hall–Kier alpha value is -1.36. The van der Waals surface area contributed by atoms with E-state index in [2.05, 4.69) is 34.4 Å². The molecule has 0 saturated carbocycles. The number of aliphatic hydroxyl groups excluding tert-OH is 1. The largest absolute Gasteiger partial charge is 0.391 e. The van der Waals surface area contributed by atoms with Crippen LogP contribution in [0.2, 0.25) is 0 Å². The van der Waals surface area contributed by atoms with Crippen LogP contribution in [-0.4, -0.2) is 33.3 Å². The molecule has 5 heteroatoms. The number of anilines is 2. The van der Waals surface area contributed by atoms with E-state index in [1.165, 1.54) is 0 Å². The van der Waals surface area contributed by atoms with Crippen molar-refractivity contribution in [2.75, 3.05) is 17.2 Å². The van der Waals surface area contributed by atoms with Gasteiger partial charge < -0.3 is 15.7 Å². The lowest BCUT2D eigenvalue weighted by Crippen LogP contribution is -2.42. The standard InChI is InChI=1S/C16H30N4O/c1-7-9-13-18-14(17-10-8-2)11(3)15(19-13)20-16(5,6)12(4)21/h12,21H,7-10H2,1-6H3,(H2,17,18,19,20). The molecular formula is C16H30N4O. The highest BCUT2D eigenvalue weighted by Crippen LogP contribution is 2.25. The van der Waals surface area contributed by atoms with Crippen LogP contribution in [0, 0.1) is 6.92 Å². The second-order valence-electron chi connectivity index (χ2n) is 6.16. The van der Waals surface area contributed by atoms with Crippen LogP contribution in [0.4, 0.5) is 11.6 Å². The van der Waals surface area contributed by atoms with Crippen molar-refractivity contribution < 1.29 is 5.11 Å². The van der Waals surface area contributed by atoms with Crippen LogP contribution >= 0.6 is 0 Å². The summed E-state index contributed by atoms with van der Waals surface area (Å²) in [5.41, 5.74) is 0.557. The molecular weight excluding hydrogens is 264 g/mol. The SMILES string of the molecule is CCCNc1nc(CCC)nc(NC(C)(C)C(C)O)c1C. The molecule has 1 heterocycles. The van der Waals surface area contributed by atoms with Crippen molar-refractivity contribution >= 4 is 11.6 Å². The number of hydrogen-bond donors (Lipinski definition) is 3. The van der Waals surface area contributed by atoms with Crippen LogP contribution in [0.3, 0.4) is 0 Å². The Morgan fingerprint density at radius 1 is 1.14 bits per heavy atom. The Morgan fingerprint density at radius 2 is 1.76 bits per heavy atom. The van der Waals surface area contributed by atoms with Crippen LogP contribution in [0.15, 0.2) is 0 Å². The summed E-state index contributed by atoms with van der Waals surface area (Å²) in [7, 11) is 0. The van der Waals surface area contributed by atoms with Crippen LogP contribution in [0.5, 0.6) is 0 Å². The molecule has 1 unspecified atom stereocenters. The van der Waals surface area contributed by atoms with Gasteiger partial charge >= 0.3 is 0 Å². The lowest BCUT2D eigenvalue weighted by Gasteiger charge is -2.31. The van der Waals surface area contributed by atoms with Gasteiger partial charge in [0.2, 0.25) is 0 Å². The van der Waals surface area contributed by atoms with E-state index in [4.69, 9.17) is 0 Å². The van der Waals surface area contributed by atoms with Gasteiger partial charge in [-0.05, 0) is 40.5 Å². The van der Waals surface area contributed by atoms with Gasteiger partial charge in [0.25, 0.3) is 0 Å². The van der Waals surface area contributed by atoms with Crippen LogP contribution in [0.25, 0.3) is 0 Å². The summed E-state index contributed by atoms with van der Waals surface area (Å²) in [6.07, 6.45) is 2.43. The van der Waals surface area contributed by atoms with Crippen LogP contribution in [0.1, 0.15) is 58.8 Å². The summed E-state index contributed by atoms with van der Waals surface area (Å²) in [5.74, 6) is 2.53. The Kier molecular flexibility index (Phi) is 6.40. The minimum absolute atomic E-state index is 0.440. The molecule has 3 N–H and O–H groups in total. The van der Waals surface area contributed by atoms with Gasteiger partial charge in [0.1, 0.15) is 17.5 Å². The first-order valence-electron chi connectivity index (χ1n) is 7.89. The first kappa shape index (κ1) is 17.7. The molecule has 0 aliphatic carbocycles. The highest BCUT2D eigenvalue weighted by molar-refractivity contribution is 5.58. The molecule has 0 spiro atoms. The molecule has 0 radical (unpaired) electrons. The highest BCUT2D eigenvalue weighted by atomic mass is 16.3. The lowest BCUT2D eigenvalue weighted by molar-refractivity contribution is 0.133. The molecule has 0 aromatic carbocycles. The van der Waals surface area contributed by atoms with E-state index in [1.807, 2.05) is 20.8 Å². The highest BCUT2D eigenvalue weighted by Gasteiger charge is 2.25. The third-order valence-electron chi connectivity index (χ3n) is 3.69. The molecule has 21 heavy (non-hydrogen) atoms. The van der Waals surface area contributed by atoms with E-state index in [1.54, 1.807) is 6.92 Å². The van der Waals surface area contributed by atoms with Gasteiger partial charge in [-0.15, -0.1) is 0 Å². The molecule has 1 atom stereocenters. The Bertz CT molecular complexity index is 458. The van der Waals surface area contributed by atoms with Gasteiger partial charge in [-0.2, -0.15) is 0 Å². The molecule has 0 saturated heterocycles. The Morgan fingerprint density at radius 3 is 2.29 bits per heavy atom. The predicted octanol–water partition coefficient (Wildman–Crippen LogP) is 3.13. The number of nitrogens with one attached hydrogen (secondary N) is 2. The van der Waals surface area contributed by atoms with E-state index < -0.39 is 11.6 Å². The normalized spacial score (nSPS) is 13.1. The third-order valence-corrected chi connectivity index (χ3v) is 3.69. The summed E-state index contributed by atoms with van der Waals surface area (Å²) < 4.78 is 0. The number of hydrogen-bond acceptors (Lipinski definition) is 5. The van der Waals surface area contributed by atoms with Gasteiger partial charge in [0.15, 0.2) is 0 Å². The minimum Gasteiger partial charge on any atom is -0.391 e. The molecule has 0 amide bonds. The van der Waals surface area contributed by atoms with E-state index in [0.29, 0.717) is 0 Å². The number of aryl methyl sites for hydroxylation is 1. The van der Waals surface area contributed by atoms with E-state index >= 15 is 0 Å². The third kappa shape index (κ3) is 4.84. The minimum atomic E-state index is -0.478. The second kappa shape index (κ2) is 7.59. The number of aliphatic hydroxyl groups is 1. The van der Waals surface area contributed by atoms with Crippen molar-refractivity contribution in [1.29, 1.82) is 0 Å². The monoisotopic (exact) mass is 294 g/mol. The fourth-order valence-corrected chi connectivity index (χ4v) is 1.85. The summed E-state index contributed by atoms with van der Waals surface area (Å²) in [6.45, 7) is 12.9. The molecule has 0 bridgehead atoms. The van der Waals surface area contributed by atoms with Gasteiger partial charge in [0, 0.05) is 18.5 Å². The fourth-order valence-electron chi connectivity index (χ4n) is 1.85. The molecule has 1 aromatic rings. The van der Waals surface area contributed by atoms with Crippen molar-refractivity contribution in [2.24, 2.45) is 0 Å². The number of nitrogens with zero attached hydrogens (tertiary/aromatic N) is 2. The molecule has 1 rings (SSSR count). The van der Waals surface area contributed by atoms with E-state index in [-0.39, 0.29) is 0 Å². The smallest absolute Gasteiger partial charge is 0.135 e. The Balaban J connectivity index is 3.13. The Labute approximate surface area is 128 Å². The average molecular weight is 294 g/mol. The van der Waals surface area contributed by atoms with Gasteiger partial charge in [-0.1, -0.05) is 13.8 Å². The summed E-state index contributed by atoms with van der Waals surface area (Å²) >= 11 is 0. The molecule has 0 aliphatic heterocycles. The average Bonchev–Trinajstić information content (AvgIpc) is 2.40. The number of rotatable bonds is 8. The first-order valence-corrected chi connectivity index (χ1v) is 7.89. The van der Waals surface area contributed by atoms with Crippen molar-refractivity contribution in [2.45, 2.75) is 72.4 Å². The van der Waals surface area contributed by atoms with Crippen molar-refractivity contribution in [1.82, 2.24) is 9.97 Å². The summed E-state index contributed by atoms with van der Waals surface area (Å²) in [6, 6.07) is 0. The maximum atomic E-state index is 9.89. The zero-order valence-electron chi connectivity index (χ0n) is 14.2. The summed E-state index contributed by atoms with van der Waals surface area (Å²) in [4.78, 5) is 9.24. The first-order chi connectivity index (χ1) is 9.81. The summed E-state index contributed by atoms with van der Waals surface area (Å²) in [5, 5.41) is 16.6. The zero-order chi connectivity index (χ0) is 16.0. The van der Waals surface area contributed by atoms with E-state index in [0.717, 1.165) is 48.8 Å². The second-order valence-corrected chi connectivity index (χ2v) is 6.16. The molecule has 5 nitrogen and oxygen atoms in total. The molecule has 1 aromatic heterocycles. The molecule has 0 fully saturated rings. The van der Waals surface area contributed by atoms with Crippen molar-refractivity contribution in [3.8, 4) is 0 Å². The molecule has 0 aliphatic rings. The van der Waals surface area contributed by atoms with Crippen molar-refractivity contribution in [3.63, 3.8) is 0 Å². The van der Waals surface area contributed by atoms with E-state index in [9.17, 15) is 5.11 Å². The quantitative estimate of drug-likeness (QED) is 0.687. The zero-order valence-corrected chi connectivity index (χ0v) is 14.2. The predicted molar refractivity (Wildman–Crippen MR) is 88.9 cm³/mol. The van der Waals surface area contributed by atoms with Gasteiger partial charge in [-0.3, -0.25) is 0 Å². The molecule has 120 valence electrons. The topological polar surface area (TPSA) is 70.1 Å². The van der Waals surface area contributed by atoms with Crippen LogP contribution in [-0.2, 0) is 6.42 Å². The maximum Gasteiger partial charge on any atom is 0.135 e.